The van der Waals surface area contributed by atoms with Crippen LogP contribution in [0.3, 0.4) is 0 Å². The summed E-state index contributed by atoms with van der Waals surface area (Å²) in [5.74, 6) is 0.297. The summed E-state index contributed by atoms with van der Waals surface area (Å²) in [7, 11) is 1.90. The normalized spacial score (nSPS) is 13.1. The second kappa shape index (κ2) is 8.44. The maximum absolute atomic E-state index is 12.6. The summed E-state index contributed by atoms with van der Waals surface area (Å²) in [5.41, 5.74) is 2.42. The molecule has 8 nitrogen and oxygen atoms in total. The number of nitrogens with one attached hydrogen (secondary N) is 1. The molecule has 3 aromatic rings. The maximum Gasteiger partial charge on any atom is 0.274 e. The molecule has 1 aliphatic heterocycles. The molecule has 4 rings (SSSR count). The summed E-state index contributed by atoms with van der Waals surface area (Å²) < 4.78 is 1.86. The third kappa shape index (κ3) is 4.45. The van der Waals surface area contributed by atoms with Crippen molar-refractivity contribution in [2.75, 3.05) is 18.4 Å². The van der Waals surface area contributed by atoms with Crippen molar-refractivity contribution in [1.82, 2.24) is 24.6 Å². The van der Waals surface area contributed by atoms with Crippen LogP contribution < -0.4 is 5.32 Å². The van der Waals surface area contributed by atoms with Crippen LogP contribution in [0.5, 0.6) is 0 Å². The molecule has 3 heterocycles. The molecule has 1 fully saturated rings. The van der Waals surface area contributed by atoms with Gasteiger partial charge in [0.25, 0.3) is 11.8 Å². The number of rotatable bonds is 6. The number of carbonyl (C=O) groups excluding carboxylic acids is 2. The van der Waals surface area contributed by atoms with Gasteiger partial charge in [-0.05, 0) is 36.2 Å². The van der Waals surface area contributed by atoms with E-state index in [1.165, 1.54) is 6.20 Å². The highest BCUT2D eigenvalue weighted by Gasteiger charge is 2.22. The summed E-state index contributed by atoms with van der Waals surface area (Å²) in [5, 5.41) is 11.6. The van der Waals surface area contributed by atoms with Crippen LogP contribution in [0.2, 0.25) is 0 Å². The number of nitrogens with zero attached hydrogens (tertiary/aromatic N) is 5. The van der Waals surface area contributed by atoms with Gasteiger partial charge in [0.1, 0.15) is 12.0 Å². The van der Waals surface area contributed by atoms with Crippen molar-refractivity contribution < 1.29 is 9.59 Å². The van der Waals surface area contributed by atoms with Crippen LogP contribution in [0.1, 0.15) is 32.8 Å². The van der Waals surface area contributed by atoms with E-state index in [0.29, 0.717) is 17.0 Å². The predicted octanol–water partition coefficient (Wildman–Crippen LogP) is 2.60. The van der Waals surface area contributed by atoms with Gasteiger partial charge in [0, 0.05) is 43.3 Å². The summed E-state index contributed by atoms with van der Waals surface area (Å²) in [6.45, 7) is 1.53. The molecule has 0 aliphatic carbocycles. The van der Waals surface area contributed by atoms with E-state index in [9.17, 15) is 9.59 Å². The Morgan fingerprint density at radius 2 is 2.07 bits per heavy atom. The molecular formula is C20H20N6O2S. The second-order valence-corrected chi connectivity index (χ2v) is 7.69. The fraction of sp³-hybridized carbons (Fsp3) is 0.250. The smallest absolute Gasteiger partial charge is 0.274 e. The quantitative estimate of drug-likeness (QED) is 0.630. The fourth-order valence-electron chi connectivity index (χ4n) is 2.87. The SMILES string of the molecule is Cn1cnnc1SCc1cccc(NC(=O)c2cc(C(=O)N3CCC3)ccn2)c1. The van der Waals surface area contributed by atoms with Crippen LogP contribution in [0, 0.1) is 0 Å². The predicted molar refractivity (Wildman–Crippen MR) is 110 cm³/mol. The Hall–Kier alpha value is -3.20. The van der Waals surface area contributed by atoms with E-state index in [1.54, 1.807) is 35.1 Å². The molecule has 2 amide bonds. The zero-order valence-corrected chi connectivity index (χ0v) is 16.7. The average Bonchev–Trinajstić information content (AvgIpc) is 3.10. The van der Waals surface area contributed by atoms with Crippen LogP contribution in [0.25, 0.3) is 0 Å². The topological polar surface area (TPSA) is 93.0 Å². The highest BCUT2D eigenvalue weighted by molar-refractivity contribution is 7.98. The molecule has 29 heavy (non-hydrogen) atoms. The van der Waals surface area contributed by atoms with Crippen LogP contribution >= 0.6 is 11.8 Å². The molecule has 1 aromatic carbocycles. The zero-order chi connectivity index (χ0) is 20.2. The number of amides is 2. The van der Waals surface area contributed by atoms with E-state index < -0.39 is 0 Å². The van der Waals surface area contributed by atoms with Crippen molar-refractivity contribution in [2.45, 2.75) is 17.3 Å². The van der Waals surface area contributed by atoms with Gasteiger partial charge in [0.15, 0.2) is 5.16 Å². The van der Waals surface area contributed by atoms with Gasteiger partial charge >= 0.3 is 0 Å². The first-order chi connectivity index (χ1) is 14.1. The standard InChI is InChI=1S/C20H20N6O2S/c1-25-13-22-24-20(25)29-12-14-4-2-5-16(10-14)23-18(27)17-11-15(6-7-21-17)19(28)26-8-3-9-26/h2,4-7,10-11,13H,3,8-9,12H2,1H3,(H,23,27). The number of hydrogen-bond donors (Lipinski definition) is 1. The summed E-state index contributed by atoms with van der Waals surface area (Å²) >= 11 is 1.57. The van der Waals surface area contributed by atoms with Gasteiger partial charge in [-0.2, -0.15) is 0 Å². The number of aromatic nitrogens is 4. The van der Waals surface area contributed by atoms with E-state index in [2.05, 4.69) is 20.5 Å². The molecule has 1 saturated heterocycles. The summed E-state index contributed by atoms with van der Waals surface area (Å²) in [6, 6.07) is 10.8. The van der Waals surface area contributed by atoms with Gasteiger partial charge in [-0.15, -0.1) is 10.2 Å². The van der Waals surface area contributed by atoms with Crippen LogP contribution in [0.15, 0.2) is 54.1 Å². The molecule has 0 bridgehead atoms. The van der Waals surface area contributed by atoms with Gasteiger partial charge in [-0.3, -0.25) is 14.6 Å². The average molecular weight is 408 g/mol. The van der Waals surface area contributed by atoms with Crippen molar-refractivity contribution in [3.63, 3.8) is 0 Å². The van der Waals surface area contributed by atoms with Crippen LogP contribution in [-0.2, 0) is 12.8 Å². The van der Waals surface area contributed by atoms with Gasteiger partial charge < -0.3 is 14.8 Å². The first-order valence-corrected chi connectivity index (χ1v) is 10.2. The molecule has 1 N–H and O–H groups in total. The van der Waals surface area contributed by atoms with Crippen molar-refractivity contribution in [3.05, 3.63) is 65.7 Å². The van der Waals surface area contributed by atoms with E-state index in [1.807, 2.05) is 35.9 Å². The minimum atomic E-state index is -0.346. The van der Waals surface area contributed by atoms with E-state index >= 15 is 0 Å². The number of pyridine rings is 1. The van der Waals surface area contributed by atoms with E-state index in [0.717, 1.165) is 30.2 Å². The zero-order valence-electron chi connectivity index (χ0n) is 15.9. The molecule has 9 heteroatoms. The number of likely N-dealkylation sites (tertiary alicyclic amines) is 1. The highest BCUT2D eigenvalue weighted by atomic mass is 32.2. The number of thioether (sulfide) groups is 1. The Balaban J connectivity index is 1.42. The molecule has 2 aromatic heterocycles. The van der Waals surface area contributed by atoms with E-state index in [4.69, 9.17) is 0 Å². The lowest BCUT2D eigenvalue weighted by molar-refractivity contribution is 0.0651. The minimum Gasteiger partial charge on any atom is -0.339 e. The number of hydrogen-bond acceptors (Lipinski definition) is 6. The number of benzene rings is 1. The molecule has 0 unspecified atom stereocenters. The fourth-order valence-corrected chi connectivity index (χ4v) is 3.71. The lowest BCUT2D eigenvalue weighted by atomic mass is 10.1. The van der Waals surface area contributed by atoms with Crippen molar-refractivity contribution in [1.29, 1.82) is 0 Å². The van der Waals surface area contributed by atoms with Crippen molar-refractivity contribution in [3.8, 4) is 0 Å². The third-order valence-corrected chi connectivity index (χ3v) is 5.71. The molecule has 0 saturated carbocycles. The highest BCUT2D eigenvalue weighted by Crippen LogP contribution is 2.22. The van der Waals surface area contributed by atoms with Crippen LogP contribution in [-0.4, -0.2) is 49.6 Å². The number of carbonyl (C=O) groups is 2. The monoisotopic (exact) mass is 408 g/mol. The largest absolute Gasteiger partial charge is 0.339 e. The lowest BCUT2D eigenvalue weighted by Gasteiger charge is -2.30. The molecular weight excluding hydrogens is 388 g/mol. The van der Waals surface area contributed by atoms with Crippen molar-refractivity contribution >= 4 is 29.3 Å². The van der Waals surface area contributed by atoms with Gasteiger partial charge in [0.2, 0.25) is 0 Å². The Labute approximate surface area is 172 Å². The van der Waals surface area contributed by atoms with E-state index in [-0.39, 0.29) is 17.5 Å². The summed E-state index contributed by atoms with van der Waals surface area (Å²) in [6.07, 6.45) is 4.18. The Morgan fingerprint density at radius 3 is 2.79 bits per heavy atom. The molecule has 0 radical (unpaired) electrons. The van der Waals surface area contributed by atoms with Gasteiger partial charge in [0.05, 0.1) is 0 Å². The number of anilines is 1. The molecule has 0 atom stereocenters. The second-order valence-electron chi connectivity index (χ2n) is 6.74. The molecule has 1 aliphatic rings. The lowest BCUT2D eigenvalue weighted by Crippen LogP contribution is -2.42. The Kier molecular flexibility index (Phi) is 5.57. The minimum absolute atomic E-state index is 0.0597. The van der Waals surface area contributed by atoms with Crippen molar-refractivity contribution in [2.24, 2.45) is 7.05 Å². The first-order valence-electron chi connectivity index (χ1n) is 9.22. The first kappa shape index (κ1) is 19.1. The summed E-state index contributed by atoms with van der Waals surface area (Å²) in [4.78, 5) is 30.8. The Bertz CT molecular complexity index is 1050. The number of aryl methyl sites for hydroxylation is 1. The van der Waals surface area contributed by atoms with Gasteiger partial charge in [-0.25, -0.2) is 0 Å². The Morgan fingerprint density at radius 1 is 1.21 bits per heavy atom. The molecule has 148 valence electrons. The maximum atomic E-state index is 12.6. The van der Waals surface area contributed by atoms with Crippen LogP contribution in [0.4, 0.5) is 5.69 Å². The third-order valence-electron chi connectivity index (χ3n) is 4.61. The molecule has 0 spiro atoms. The van der Waals surface area contributed by atoms with Gasteiger partial charge in [-0.1, -0.05) is 23.9 Å².